The summed E-state index contributed by atoms with van der Waals surface area (Å²) in [5, 5.41) is 17.4. The Labute approximate surface area is 126 Å². The molecule has 21 heavy (non-hydrogen) atoms. The summed E-state index contributed by atoms with van der Waals surface area (Å²) in [7, 11) is 1.62. The van der Waals surface area contributed by atoms with Gasteiger partial charge < -0.3 is 15.2 Å². The number of nitrogens with zero attached hydrogens (tertiary/aromatic N) is 2. The Balaban J connectivity index is 2.04. The number of hydrogen-bond acceptors (Lipinski definition) is 5. The number of rotatable bonds is 5. The lowest BCUT2D eigenvalue weighted by molar-refractivity contribution is 0.103. The first-order chi connectivity index (χ1) is 10.2. The molecule has 110 valence electrons. The highest BCUT2D eigenvalue weighted by molar-refractivity contribution is 7.12. The van der Waals surface area contributed by atoms with Crippen LogP contribution in [0, 0.1) is 11.8 Å². The first-order valence-electron chi connectivity index (χ1n) is 6.24. The highest BCUT2D eigenvalue weighted by Gasteiger charge is 2.13. The number of carbonyl (C=O) groups excluding carboxylic acids is 1. The molecule has 6 nitrogen and oxygen atoms in total. The minimum Gasteiger partial charge on any atom is -0.384 e. The standard InChI is InChI=1S/C14H15N3O3S/c1-20-7-5-17-10-12(9-15-17)16-14(19)13-11(3-2-6-18)4-8-21-13/h4,8-10,18H,5-7H2,1H3,(H,16,19). The van der Waals surface area contributed by atoms with E-state index in [0.717, 1.165) is 0 Å². The zero-order chi connectivity index (χ0) is 15.1. The fourth-order valence-electron chi connectivity index (χ4n) is 1.64. The first kappa shape index (κ1) is 15.3. The molecule has 2 aromatic rings. The summed E-state index contributed by atoms with van der Waals surface area (Å²) in [6.07, 6.45) is 3.32. The predicted octanol–water partition coefficient (Wildman–Crippen LogP) is 1.19. The van der Waals surface area contributed by atoms with E-state index < -0.39 is 0 Å². The van der Waals surface area contributed by atoms with Gasteiger partial charge >= 0.3 is 0 Å². The van der Waals surface area contributed by atoms with Crippen LogP contribution in [0.25, 0.3) is 0 Å². The largest absolute Gasteiger partial charge is 0.384 e. The van der Waals surface area contributed by atoms with Crippen LogP contribution in [0.5, 0.6) is 0 Å². The number of carbonyl (C=O) groups is 1. The van der Waals surface area contributed by atoms with Gasteiger partial charge in [0.05, 0.1) is 25.0 Å². The summed E-state index contributed by atoms with van der Waals surface area (Å²) in [6.45, 7) is 0.947. The second kappa shape index (κ2) is 7.59. The fraction of sp³-hybridized carbons (Fsp3) is 0.286. The molecule has 0 aliphatic heterocycles. The highest BCUT2D eigenvalue weighted by Crippen LogP contribution is 2.18. The third-order valence-corrected chi connectivity index (χ3v) is 3.50. The summed E-state index contributed by atoms with van der Waals surface area (Å²) >= 11 is 1.30. The molecule has 0 bridgehead atoms. The van der Waals surface area contributed by atoms with E-state index in [1.807, 2.05) is 0 Å². The van der Waals surface area contributed by atoms with Gasteiger partial charge in [0.2, 0.25) is 0 Å². The molecular weight excluding hydrogens is 290 g/mol. The molecule has 0 saturated heterocycles. The maximum absolute atomic E-state index is 12.2. The number of amides is 1. The van der Waals surface area contributed by atoms with Crippen molar-refractivity contribution in [2.45, 2.75) is 6.54 Å². The van der Waals surface area contributed by atoms with E-state index in [1.165, 1.54) is 11.3 Å². The quantitative estimate of drug-likeness (QED) is 0.814. The zero-order valence-corrected chi connectivity index (χ0v) is 12.3. The first-order valence-corrected chi connectivity index (χ1v) is 7.12. The van der Waals surface area contributed by atoms with E-state index in [9.17, 15) is 4.79 Å². The second-order valence-electron chi connectivity index (χ2n) is 4.06. The monoisotopic (exact) mass is 305 g/mol. The van der Waals surface area contributed by atoms with Gasteiger partial charge in [-0.3, -0.25) is 9.48 Å². The Hall–Kier alpha value is -2.14. The Morgan fingerprint density at radius 2 is 2.48 bits per heavy atom. The third kappa shape index (κ3) is 4.16. The molecular formula is C14H15N3O3S. The highest BCUT2D eigenvalue weighted by atomic mass is 32.1. The van der Waals surface area contributed by atoms with E-state index in [-0.39, 0.29) is 12.5 Å². The average molecular weight is 305 g/mol. The number of methoxy groups -OCH3 is 1. The number of aliphatic hydroxyl groups is 1. The maximum Gasteiger partial charge on any atom is 0.267 e. The molecule has 0 radical (unpaired) electrons. The van der Waals surface area contributed by atoms with Crippen LogP contribution in [0.4, 0.5) is 5.69 Å². The minimum absolute atomic E-state index is 0.233. The lowest BCUT2D eigenvalue weighted by Crippen LogP contribution is -2.11. The molecule has 0 saturated carbocycles. The van der Waals surface area contributed by atoms with Gasteiger partial charge in [0.15, 0.2) is 0 Å². The number of hydrogen-bond donors (Lipinski definition) is 2. The molecule has 0 aliphatic rings. The van der Waals surface area contributed by atoms with Crippen LogP contribution in [0.1, 0.15) is 15.2 Å². The van der Waals surface area contributed by atoms with E-state index in [1.54, 1.807) is 35.6 Å². The summed E-state index contributed by atoms with van der Waals surface area (Å²) < 4.78 is 6.66. The van der Waals surface area contributed by atoms with Gasteiger partial charge in [-0.2, -0.15) is 5.10 Å². The molecule has 1 amide bonds. The summed E-state index contributed by atoms with van der Waals surface area (Å²) in [5.74, 6) is 5.06. The summed E-state index contributed by atoms with van der Waals surface area (Å²) in [5.41, 5.74) is 1.23. The number of nitrogens with one attached hydrogen (secondary N) is 1. The molecule has 0 aromatic carbocycles. The molecule has 0 spiro atoms. The van der Waals surface area contributed by atoms with Crippen molar-refractivity contribution < 1.29 is 14.6 Å². The molecule has 2 N–H and O–H groups in total. The van der Waals surface area contributed by atoms with Crippen molar-refractivity contribution in [3.63, 3.8) is 0 Å². The van der Waals surface area contributed by atoms with Gasteiger partial charge in [-0.05, 0) is 11.4 Å². The van der Waals surface area contributed by atoms with Gasteiger partial charge in [-0.15, -0.1) is 11.3 Å². The van der Waals surface area contributed by atoms with Crippen LogP contribution in [0.15, 0.2) is 23.8 Å². The molecule has 2 rings (SSSR count). The van der Waals surface area contributed by atoms with Gasteiger partial charge in [0.1, 0.15) is 11.5 Å². The van der Waals surface area contributed by atoms with Crippen LogP contribution in [0.3, 0.4) is 0 Å². The maximum atomic E-state index is 12.2. The van der Waals surface area contributed by atoms with E-state index in [4.69, 9.17) is 9.84 Å². The number of ether oxygens (including phenoxy) is 1. The van der Waals surface area contributed by atoms with Gasteiger partial charge in [0.25, 0.3) is 5.91 Å². The van der Waals surface area contributed by atoms with E-state index in [0.29, 0.717) is 29.3 Å². The van der Waals surface area contributed by atoms with E-state index >= 15 is 0 Å². The minimum atomic E-state index is -0.237. The Bertz CT molecular complexity index is 666. The smallest absolute Gasteiger partial charge is 0.267 e. The van der Waals surface area contributed by atoms with Crippen LogP contribution in [0.2, 0.25) is 0 Å². The number of thiophene rings is 1. The van der Waals surface area contributed by atoms with Crippen molar-refractivity contribution in [2.24, 2.45) is 0 Å². The molecule has 0 fully saturated rings. The van der Waals surface area contributed by atoms with Crippen molar-refractivity contribution in [3.05, 3.63) is 34.3 Å². The molecule has 2 aromatic heterocycles. The molecule has 7 heteroatoms. The lowest BCUT2D eigenvalue weighted by Gasteiger charge is -2.01. The average Bonchev–Trinajstić information content (AvgIpc) is 3.11. The van der Waals surface area contributed by atoms with Crippen molar-refractivity contribution in [3.8, 4) is 11.8 Å². The molecule has 0 aliphatic carbocycles. The molecule has 2 heterocycles. The van der Waals surface area contributed by atoms with Gasteiger partial charge in [-0.25, -0.2) is 0 Å². The second-order valence-corrected chi connectivity index (χ2v) is 4.98. The third-order valence-electron chi connectivity index (χ3n) is 2.59. The van der Waals surface area contributed by atoms with Crippen molar-refractivity contribution in [1.29, 1.82) is 0 Å². The van der Waals surface area contributed by atoms with Gasteiger partial charge in [-0.1, -0.05) is 11.8 Å². The van der Waals surface area contributed by atoms with E-state index in [2.05, 4.69) is 22.3 Å². The molecule has 0 unspecified atom stereocenters. The SMILES string of the molecule is COCCn1cc(NC(=O)c2sccc2C#CCO)cn1. The Morgan fingerprint density at radius 1 is 1.62 bits per heavy atom. The summed E-state index contributed by atoms with van der Waals surface area (Å²) in [4.78, 5) is 12.7. The topological polar surface area (TPSA) is 76.4 Å². The normalized spacial score (nSPS) is 10.0. The number of aliphatic hydroxyl groups excluding tert-OH is 1. The zero-order valence-electron chi connectivity index (χ0n) is 11.5. The van der Waals surface area contributed by atoms with Crippen molar-refractivity contribution in [1.82, 2.24) is 9.78 Å². The Kier molecular flexibility index (Phi) is 5.51. The van der Waals surface area contributed by atoms with Crippen molar-refractivity contribution in [2.75, 3.05) is 25.6 Å². The number of aromatic nitrogens is 2. The van der Waals surface area contributed by atoms with Crippen LogP contribution < -0.4 is 5.32 Å². The van der Waals surface area contributed by atoms with Crippen LogP contribution in [-0.4, -0.2) is 41.1 Å². The molecule has 0 atom stereocenters. The lowest BCUT2D eigenvalue weighted by atomic mass is 10.2. The van der Waals surface area contributed by atoms with Crippen molar-refractivity contribution >= 4 is 22.9 Å². The van der Waals surface area contributed by atoms with Gasteiger partial charge in [0, 0.05) is 18.9 Å². The number of anilines is 1. The summed E-state index contributed by atoms with van der Waals surface area (Å²) in [6, 6.07) is 1.75. The predicted molar refractivity (Wildman–Crippen MR) is 80.3 cm³/mol. The van der Waals surface area contributed by atoms with Crippen LogP contribution >= 0.6 is 11.3 Å². The Morgan fingerprint density at radius 3 is 3.24 bits per heavy atom. The fourth-order valence-corrected chi connectivity index (χ4v) is 2.39. The van der Waals surface area contributed by atoms with Crippen LogP contribution in [-0.2, 0) is 11.3 Å².